The zero-order valence-corrected chi connectivity index (χ0v) is 20.9. The zero-order chi connectivity index (χ0) is 19.7. The van der Waals surface area contributed by atoms with Crippen LogP contribution >= 0.6 is 0 Å². The Kier molecular flexibility index (Phi) is 21.5. The first-order chi connectivity index (χ1) is 12.4. The zero-order valence-electron chi connectivity index (χ0n) is 18.8. The monoisotopic (exact) mass is 497 g/mol. The van der Waals surface area contributed by atoms with Crippen molar-refractivity contribution in [1.82, 2.24) is 0 Å². The molecule has 0 radical (unpaired) electrons. The van der Waals surface area contributed by atoms with Gasteiger partial charge in [-0.05, 0) is 6.42 Å². The quantitative estimate of drug-likeness (QED) is 0.169. The van der Waals surface area contributed by atoms with Crippen LogP contribution in [-0.2, 0) is 4.79 Å². The van der Waals surface area contributed by atoms with Crippen LogP contribution in [0.3, 0.4) is 0 Å². The number of hydrogen-bond acceptors (Lipinski definition) is 2. The highest BCUT2D eigenvalue weighted by atomic mass is 127. The average molecular weight is 498 g/mol. The van der Waals surface area contributed by atoms with E-state index >= 15 is 0 Å². The highest BCUT2D eigenvalue weighted by Gasteiger charge is 2.21. The molecule has 1 N–H and O–H groups in total. The third-order valence-corrected chi connectivity index (χ3v) is 5.12. The van der Waals surface area contributed by atoms with Gasteiger partial charge in [-0.2, -0.15) is 0 Å². The SMILES string of the molecule is CCCCCCCCCCCCCCCCCC(=O)C(O)C[N+](C)(C)C.[I-]. The summed E-state index contributed by atoms with van der Waals surface area (Å²) in [5, 5.41) is 9.90. The van der Waals surface area contributed by atoms with Crippen molar-refractivity contribution in [2.24, 2.45) is 0 Å². The molecule has 0 heterocycles. The molecular weight excluding hydrogens is 449 g/mol. The molecule has 0 saturated carbocycles. The summed E-state index contributed by atoms with van der Waals surface area (Å²) in [5.74, 6) is 0.0211. The van der Waals surface area contributed by atoms with Crippen LogP contribution in [0, 0.1) is 0 Å². The standard InChI is InChI=1S/C23H48NO2.HI/c1-5-6-7-8-9-10-11-12-13-14-15-16-17-18-19-20-22(25)23(26)21-24(2,3)4;/h23,26H,5-21H2,1-4H3;1H/q+1;/p-1. The number of aliphatic hydroxyl groups is 1. The minimum Gasteiger partial charge on any atom is -1.00 e. The minimum atomic E-state index is -0.790. The highest BCUT2D eigenvalue weighted by Crippen LogP contribution is 2.14. The Morgan fingerprint density at radius 1 is 0.704 bits per heavy atom. The van der Waals surface area contributed by atoms with E-state index in [9.17, 15) is 9.90 Å². The summed E-state index contributed by atoms with van der Waals surface area (Å²) in [6.07, 6.45) is 19.8. The number of unbranched alkanes of at least 4 members (excludes halogenated alkanes) is 14. The van der Waals surface area contributed by atoms with Crippen molar-refractivity contribution in [3.8, 4) is 0 Å². The fourth-order valence-electron chi connectivity index (χ4n) is 3.46. The van der Waals surface area contributed by atoms with Gasteiger partial charge in [0.05, 0.1) is 21.1 Å². The molecule has 0 rings (SSSR count). The maximum absolute atomic E-state index is 11.9. The van der Waals surface area contributed by atoms with Gasteiger partial charge in [0.25, 0.3) is 0 Å². The molecule has 27 heavy (non-hydrogen) atoms. The lowest BCUT2D eigenvalue weighted by molar-refractivity contribution is -0.872. The van der Waals surface area contributed by atoms with E-state index in [-0.39, 0.29) is 29.8 Å². The molecule has 0 saturated heterocycles. The van der Waals surface area contributed by atoms with Gasteiger partial charge in [0.15, 0.2) is 11.9 Å². The second kappa shape index (κ2) is 19.6. The number of quaternary nitrogens is 1. The lowest BCUT2D eigenvalue weighted by Gasteiger charge is -2.26. The first kappa shape index (κ1) is 29.5. The molecule has 0 aromatic heterocycles. The number of carbonyl (C=O) groups is 1. The molecule has 1 unspecified atom stereocenters. The molecule has 4 heteroatoms. The van der Waals surface area contributed by atoms with E-state index in [0.29, 0.717) is 17.4 Å². The number of rotatable bonds is 19. The summed E-state index contributed by atoms with van der Waals surface area (Å²) in [6, 6.07) is 0. The van der Waals surface area contributed by atoms with Crippen LogP contribution < -0.4 is 24.0 Å². The number of aliphatic hydroxyl groups excluding tert-OH is 1. The Hall–Kier alpha value is 0.320. The molecule has 1 atom stereocenters. The average Bonchev–Trinajstić information content (AvgIpc) is 2.56. The van der Waals surface area contributed by atoms with Crippen LogP contribution in [0.15, 0.2) is 0 Å². The number of halogens is 1. The Morgan fingerprint density at radius 3 is 1.37 bits per heavy atom. The van der Waals surface area contributed by atoms with Gasteiger partial charge in [0, 0.05) is 6.42 Å². The van der Waals surface area contributed by atoms with Gasteiger partial charge in [-0.3, -0.25) is 4.79 Å². The van der Waals surface area contributed by atoms with Crippen LogP contribution in [0.4, 0.5) is 0 Å². The van der Waals surface area contributed by atoms with Crippen LogP contribution in [0.25, 0.3) is 0 Å². The number of carbonyl (C=O) groups excluding carboxylic acids is 1. The van der Waals surface area contributed by atoms with Crippen molar-refractivity contribution in [2.45, 2.75) is 116 Å². The van der Waals surface area contributed by atoms with Gasteiger partial charge in [0.2, 0.25) is 0 Å². The summed E-state index contributed by atoms with van der Waals surface area (Å²) >= 11 is 0. The summed E-state index contributed by atoms with van der Waals surface area (Å²) < 4.78 is 0.631. The molecule has 0 spiro atoms. The fraction of sp³-hybridized carbons (Fsp3) is 0.957. The fourth-order valence-corrected chi connectivity index (χ4v) is 3.46. The molecule has 0 aromatic carbocycles. The first-order valence-electron chi connectivity index (χ1n) is 11.4. The molecule has 164 valence electrons. The molecule has 0 aromatic rings. The normalized spacial score (nSPS) is 12.6. The lowest BCUT2D eigenvalue weighted by Crippen LogP contribution is -3.00. The molecular formula is C23H48INO2. The Bertz CT molecular complexity index is 329. The molecule has 0 aliphatic heterocycles. The van der Waals surface area contributed by atoms with Gasteiger partial charge >= 0.3 is 0 Å². The number of likely N-dealkylation sites (N-methyl/N-ethyl adjacent to an activating group) is 1. The van der Waals surface area contributed by atoms with Gasteiger partial charge in [-0.1, -0.05) is 96.8 Å². The van der Waals surface area contributed by atoms with Crippen LogP contribution in [0.5, 0.6) is 0 Å². The van der Waals surface area contributed by atoms with Crippen LogP contribution in [0.1, 0.15) is 110 Å². The van der Waals surface area contributed by atoms with Crippen molar-refractivity contribution < 1.29 is 38.4 Å². The summed E-state index contributed by atoms with van der Waals surface area (Å²) in [6.45, 7) is 2.79. The third kappa shape index (κ3) is 22.5. The summed E-state index contributed by atoms with van der Waals surface area (Å²) in [4.78, 5) is 11.9. The van der Waals surface area contributed by atoms with Crippen LogP contribution in [0.2, 0.25) is 0 Å². The third-order valence-electron chi connectivity index (χ3n) is 5.12. The van der Waals surface area contributed by atoms with E-state index in [1.54, 1.807) is 0 Å². The Labute approximate surface area is 187 Å². The second-order valence-corrected chi connectivity index (χ2v) is 9.15. The molecule has 3 nitrogen and oxygen atoms in total. The smallest absolute Gasteiger partial charge is 0.167 e. The van der Waals surface area contributed by atoms with Gasteiger partial charge in [-0.15, -0.1) is 0 Å². The van der Waals surface area contributed by atoms with Crippen molar-refractivity contribution in [3.63, 3.8) is 0 Å². The van der Waals surface area contributed by atoms with E-state index in [0.717, 1.165) is 12.8 Å². The number of Topliss-reactive ketones (excluding diaryl/α,β-unsaturated/α-hetero) is 1. The molecule has 0 bridgehead atoms. The first-order valence-corrected chi connectivity index (χ1v) is 11.4. The van der Waals surface area contributed by atoms with E-state index in [1.165, 1.54) is 83.5 Å². The number of hydrogen-bond donors (Lipinski definition) is 1. The van der Waals surface area contributed by atoms with Gasteiger partial charge < -0.3 is 33.6 Å². The van der Waals surface area contributed by atoms with Crippen molar-refractivity contribution >= 4 is 5.78 Å². The van der Waals surface area contributed by atoms with Crippen molar-refractivity contribution in [1.29, 1.82) is 0 Å². The van der Waals surface area contributed by atoms with Crippen molar-refractivity contribution in [3.05, 3.63) is 0 Å². The van der Waals surface area contributed by atoms with E-state index in [2.05, 4.69) is 6.92 Å². The predicted molar refractivity (Wildman–Crippen MR) is 113 cm³/mol. The summed E-state index contributed by atoms with van der Waals surface area (Å²) in [5.41, 5.74) is 0. The van der Waals surface area contributed by atoms with Crippen molar-refractivity contribution in [2.75, 3.05) is 27.7 Å². The van der Waals surface area contributed by atoms with Gasteiger partial charge in [-0.25, -0.2) is 0 Å². The maximum atomic E-state index is 11.9. The molecule has 0 aliphatic carbocycles. The molecule has 0 aliphatic rings. The van der Waals surface area contributed by atoms with Crippen LogP contribution in [-0.4, -0.2) is 49.2 Å². The molecule has 0 amide bonds. The van der Waals surface area contributed by atoms with E-state index in [1.807, 2.05) is 21.1 Å². The number of ketones is 1. The van der Waals surface area contributed by atoms with E-state index in [4.69, 9.17) is 0 Å². The van der Waals surface area contributed by atoms with E-state index < -0.39 is 6.10 Å². The Balaban J connectivity index is 0. The maximum Gasteiger partial charge on any atom is 0.167 e. The largest absolute Gasteiger partial charge is 1.00 e. The highest BCUT2D eigenvalue weighted by molar-refractivity contribution is 5.82. The molecule has 0 fully saturated rings. The predicted octanol–water partition coefficient (Wildman–Crippen LogP) is 2.89. The number of nitrogens with zero attached hydrogens (tertiary/aromatic N) is 1. The second-order valence-electron chi connectivity index (χ2n) is 9.15. The lowest BCUT2D eigenvalue weighted by atomic mass is 10.0. The topological polar surface area (TPSA) is 37.3 Å². The summed E-state index contributed by atoms with van der Waals surface area (Å²) in [7, 11) is 6.01. The van der Waals surface area contributed by atoms with Gasteiger partial charge in [0.1, 0.15) is 6.54 Å². The minimum absolute atomic E-state index is 0. The Morgan fingerprint density at radius 2 is 1.04 bits per heavy atom.